The Bertz CT molecular complexity index is 983. The molecule has 3 aliphatic heterocycles. The molecule has 0 spiro atoms. The molecule has 5 unspecified atom stereocenters. The Morgan fingerprint density at radius 1 is 0.971 bits per heavy atom. The molecule has 34 heavy (non-hydrogen) atoms. The highest BCUT2D eigenvalue weighted by Crippen LogP contribution is 2.65. The number of ether oxygens (including phenoxy) is 4. The quantitative estimate of drug-likeness (QED) is 0.545. The molecule has 6 atom stereocenters. The third-order valence-corrected chi connectivity index (χ3v) is 10.7. The number of fused-ring (bicyclic) bond motifs is 5. The fraction of sp³-hybridized carbons (Fsp3) is 0.520. The minimum absolute atomic E-state index is 0.0218. The maximum atomic E-state index is 10.8. The largest absolute Gasteiger partial charge is 0.497 e. The van der Waals surface area contributed by atoms with E-state index in [0.29, 0.717) is 13.2 Å². The fourth-order valence-electron chi connectivity index (χ4n) is 5.08. The monoisotopic (exact) mass is 504 g/mol. The molecule has 1 N–H and O–H groups in total. The number of hydrogen-bond acceptors (Lipinski definition) is 9. The van der Waals surface area contributed by atoms with Crippen molar-refractivity contribution < 1.29 is 24.1 Å². The molecule has 0 aliphatic carbocycles. The molecule has 2 aromatic rings. The lowest BCUT2D eigenvalue weighted by atomic mass is 10.1. The van der Waals surface area contributed by atoms with E-state index in [1.165, 1.54) is 0 Å². The predicted octanol–water partition coefficient (Wildman–Crippen LogP) is 3.35. The van der Waals surface area contributed by atoms with Gasteiger partial charge in [-0.05, 0) is 37.4 Å². The topological polar surface area (TPSA) is 66.9 Å². The Morgan fingerprint density at radius 3 is 2.32 bits per heavy atom. The van der Waals surface area contributed by atoms with Gasteiger partial charge in [-0.2, -0.15) is 0 Å². The van der Waals surface area contributed by atoms with Gasteiger partial charge < -0.3 is 24.1 Å². The molecule has 0 saturated carbocycles. The van der Waals surface area contributed by atoms with Crippen molar-refractivity contribution in [2.45, 2.75) is 39.5 Å². The molecule has 3 heterocycles. The number of likely N-dealkylation sites (N-methyl/N-ethyl adjacent to an activating group) is 2. The van der Waals surface area contributed by atoms with Crippen molar-refractivity contribution in [3.63, 3.8) is 0 Å². The van der Waals surface area contributed by atoms with Gasteiger partial charge in [0.25, 0.3) is 0 Å². The van der Waals surface area contributed by atoms with E-state index in [0.717, 1.165) is 16.9 Å². The van der Waals surface area contributed by atoms with Crippen LogP contribution in [0.3, 0.4) is 0 Å². The van der Waals surface area contributed by atoms with Gasteiger partial charge in [0.2, 0.25) is 0 Å². The first kappa shape index (κ1) is 24.4. The van der Waals surface area contributed by atoms with Gasteiger partial charge in [0, 0.05) is 7.11 Å². The summed E-state index contributed by atoms with van der Waals surface area (Å²) in [5.41, 5.74) is 2.28. The molecule has 3 fully saturated rings. The van der Waals surface area contributed by atoms with Gasteiger partial charge in [0.1, 0.15) is 34.1 Å². The molecule has 3 saturated heterocycles. The van der Waals surface area contributed by atoms with Crippen molar-refractivity contribution in [2.75, 3.05) is 41.5 Å². The lowest BCUT2D eigenvalue weighted by molar-refractivity contribution is -0.136. The third kappa shape index (κ3) is 3.96. The molecule has 3 aliphatic rings. The normalized spacial score (nSPS) is 35.4. The zero-order valence-corrected chi connectivity index (χ0v) is 21.6. The molecule has 184 valence electrons. The Hall–Kier alpha value is -1.30. The first-order chi connectivity index (χ1) is 16.5. The summed E-state index contributed by atoms with van der Waals surface area (Å²) in [5.74, 6) is 0.819. The van der Waals surface area contributed by atoms with Crippen LogP contribution < -0.4 is 4.74 Å². The lowest BCUT2D eigenvalue weighted by Gasteiger charge is -2.47. The van der Waals surface area contributed by atoms with Gasteiger partial charge in [-0.1, -0.05) is 42.5 Å². The van der Waals surface area contributed by atoms with Crippen LogP contribution in [0.25, 0.3) is 0 Å². The van der Waals surface area contributed by atoms with E-state index >= 15 is 0 Å². The number of aliphatic hydroxyl groups is 1. The van der Waals surface area contributed by atoms with Crippen LogP contribution in [0, 0.1) is 0 Å². The van der Waals surface area contributed by atoms with Gasteiger partial charge in [-0.25, -0.2) is 0 Å². The van der Waals surface area contributed by atoms with Crippen LogP contribution in [0.15, 0.2) is 54.6 Å². The minimum atomic E-state index is -0.644. The highest BCUT2D eigenvalue weighted by molar-refractivity contribution is 8.17. The van der Waals surface area contributed by atoms with Crippen LogP contribution in [-0.2, 0) is 20.8 Å². The zero-order chi connectivity index (χ0) is 23.9. The second kappa shape index (κ2) is 9.63. The molecule has 2 aromatic carbocycles. The van der Waals surface area contributed by atoms with Crippen molar-refractivity contribution in [1.29, 1.82) is 0 Å². The fourth-order valence-corrected chi connectivity index (χ4v) is 9.04. The number of thioether (sulfide) groups is 2. The average molecular weight is 505 g/mol. The van der Waals surface area contributed by atoms with Crippen LogP contribution in [0.2, 0.25) is 0 Å². The maximum absolute atomic E-state index is 10.8. The summed E-state index contributed by atoms with van der Waals surface area (Å²) in [4.78, 5) is 3.21. The van der Waals surface area contributed by atoms with Gasteiger partial charge >= 0.3 is 0 Å². The summed E-state index contributed by atoms with van der Waals surface area (Å²) in [6.45, 7) is 0.905. The number of epoxide rings is 1. The molecule has 0 amide bonds. The average Bonchev–Trinajstić information content (AvgIpc) is 3.68. The summed E-state index contributed by atoms with van der Waals surface area (Å²) in [7, 11) is 7.52. The van der Waals surface area contributed by atoms with E-state index in [2.05, 4.69) is 41.1 Å². The standard InChI is InChI=1S/C25H32N2O5S2/c1-26-21-20(32-21)24(15-28)27(2)23(30-4)25(26,16-31-14-17-8-6-5-7-9-17)34-22(33-24)18-10-12-19(29-3)13-11-18/h5-13,20-23,28H,14-16H2,1-4H3/t20?,21?,22?,23?,24-,25?/m0/s1. The summed E-state index contributed by atoms with van der Waals surface area (Å²) in [6, 6.07) is 18.4. The predicted molar refractivity (Wildman–Crippen MR) is 135 cm³/mol. The van der Waals surface area contributed by atoms with Crippen molar-refractivity contribution in [3.8, 4) is 5.75 Å². The van der Waals surface area contributed by atoms with E-state index in [1.807, 2.05) is 49.1 Å². The second-order valence-electron chi connectivity index (χ2n) is 8.92. The molecular weight excluding hydrogens is 472 g/mol. The van der Waals surface area contributed by atoms with E-state index in [1.54, 1.807) is 26.0 Å². The van der Waals surface area contributed by atoms with Gasteiger partial charge in [-0.15, -0.1) is 23.5 Å². The minimum Gasteiger partial charge on any atom is -0.497 e. The van der Waals surface area contributed by atoms with E-state index in [9.17, 15) is 5.11 Å². The number of aliphatic hydroxyl groups excluding tert-OH is 1. The number of rotatable bonds is 8. The zero-order valence-electron chi connectivity index (χ0n) is 19.9. The SMILES string of the molecule is COc1ccc(C2SC3(COCc4ccccc4)C(OC)N(C)[C@@](CO)(S2)C2OC2N3C)cc1. The molecule has 0 aromatic heterocycles. The van der Waals surface area contributed by atoms with Gasteiger partial charge in [0.15, 0.2) is 0 Å². The first-order valence-corrected chi connectivity index (χ1v) is 13.1. The smallest absolute Gasteiger partial charge is 0.141 e. The first-order valence-electron chi connectivity index (χ1n) is 11.4. The van der Waals surface area contributed by atoms with E-state index in [-0.39, 0.29) is 29.7 Å². The van der Waals surface area contributed by atoms with Crippen molar-refractivity contribution in [2.24, 2.45) is 0 Å². The lowest BCUT2D eigenvalue weighted by Crippen LogP contribution is -2.63. The molecule has 9 heteroatoms. The van der Waals surface area contributed by atoms with Crippen molar-refractivity contribution >= 4 is 23.5 Å². The number of methoxy groups -OCH3 is 2. The van der Waals surface area contributed by atoms with Crippen molar-refractivity contribution in [1.82, 2.24) is 9.80 Å². The summed E-state index contributed by atoms with van der Waals surface area (Å²) in [6.07, 6.45) is -0.558. The number of benzene rings is 2. The Morgan fingerprint density at radius 2 is 1.68 bits per heavy atom. The molecule has 2 bridgehead atoms. The maximum Gasteiger partial charge on any atom is 0.141 e. The van der Waals surface area contributed by atoms with Crippen LogP contribution in [-0.4, -0.2) is 84.7 Å². The van der Waals surface area contributed by atoms with Crippen LogP contribution in [0.5, 0.6) is 5.75 Å². The van der Waals surface area contributed by atoms with Crippen molar-refractivity contribution in [3.05, 3.63) is 65.7 Å². The van der Waals surface area contributed by atoms with Crippen LogP contribution >= 0.6 is 23.5 Å². The van der Waals surface area contributed by atoms with Gasteiger partial charge in [-0.3, -0.25) is 9.80 Å². The second-order valence-corrected chi connectivity index (χ2v) is 12.1. The molecule has 5 rings (SSSR count). The third-order valence-electron chi connectivity index (χ3n) is 7.11. The van der Waals surface area contributed by atoms with Crippen LogP contribution in [0.1, 0.15) is 15.7 Å². The Kier molecular flexibility index (Phi) is 6.91. The molecule has 0 radical (unpaired) electrons. The van der Waals surface area contributed by atoms with Gasteiger partial charge in [0.05, 0.1) is 31.5 Å². The summed E-state index contributed by atoms with van der Waals surface area (Å²) < 4.78 is 24.2. The summed E-state index contributed by atoms with van der Waals surface area (Å²) >= 11 is 3.55. The summed E-state index contributed by atoms with van der Waals surface area (Å²) in [5, 5.41) is 10.8. The number of hydrogen-bond donors (Lipinski definition) is 1. The highest BCUT2D eigenvalue weighted by atomic mass is 32.2. The molecule has 7 nitrogen and oxygen atoms in total. The van der Waals surface area contributed by atoms with E-state index in [4.69, 9.17) is 18.9 Å². The Labute approximate surface area is 209 Å². The molecular formula is C25H32N2O5S2. The Balaban J connectivity index is 1.53. The van der Waals surface area contributed by atoms with E-state index < -0.39 is 9.74 Å². The highest BCUT2D eigenvalue weighted by Gasteiger charge is 2.71. The number of nitrogens with zero attached hydrogens (tertiary/aromatic N) is 2. The van der Waals surface area contributed by atoms with Crippen LogP contribution in [0.4, 0.5) is 0 Å².